The van der Waals surface area contributed by atoms with Crippen LogP contribution in [0.25, 0.3) is 10.2 Å². The van der Waals surface area contributed by atoms with Gasteiger partial charge in [0.25, 0.3) is 0 Å². The number of hydrogen-bond acceptors (Lipinski definition) is 6. The average Bonchev–Trinajstić information content (AvgIpc) is 2.96. The Morgan fingerprint density at radius 1 is 1.35 bits per heavy atom. The minimum atomic E-state index is 0.267. The summed E-state index contributed by atoms with van der Waals surface area (Å²) >= 11 is 9.13. The van der Waals surface area contributed by atoms with Gasteiger partial charge in [-0.05, 0) is 42.8 Å². The van der Waals surface area contributed by atoms with Gasteiger partial charge in [-0.25, -0.2) is 9.97 Å². The Morgan fingerprint density at radius 3 is 2.80 bits per heavy atom. The van der Waals surface area contributed by atoms with Crippen LogP contribution >= 0.6 is 34.7 Å². The van der Waals surface area contributed by atoms with Gasteiger partial charge in [0.15, 0.2) is 5.16 Å². The van der Waals surface area contributed by atoms with Crippen LogP contribution in [0.3, 0.4) is 0 Å². The van der Waals surface area contributed by atoms with Crippen LogP contribution in [0.1, 0.15) is 17.6 Å². The van der Waals surface area contributed by atoms with Crippen LogP contribution in [0.2, 0.25) is 5.28 Å². The van der Waals surface area contributed by atoms with Gasteiger partial charge < -0.3 is 4.57 Å². The van der Waals surface area contributed by atoms with E-state index in [0.717, 1.165) is 32.6 Å². The highest BCUT2D eigenvalue weighted by Gasteiger charge is 2.15. The van der Waals surface area contributed by atoms with E-state index >= 15 is 0 Å². The molecular formula is C12H12ClN5S2. The molecular weight excluding hydrogens is 314 g/mol. The average molecular weight is 326 g/mol. The van der Waals surface area contributed by atoms with Gasteiger partial charge in [-0.2, -0.15) is 0 Å². The first-order chi connectivity index (χ1) is 9.58. The topological polar surface area (TPSA) is 56.5 Å². The molecule has 5 nitrogen and oxygen atoms in total. The maximum atomic E-state index is 6.02. The van der Waals surface area contributed by atoms with Crippen molar-refractivity contribution in [3.8, 4) is 0 Å². The van der Waals surface area contributed by atoms with Gasteiger partial charge in [0.1, 0.15) is 15.7 Å². The second-order valence-electron chi connectivity index (χ2n) is 4.27. The highest BCUT2D eigenvalue weighted by Crippen LogP contribution is 2.35. The fourth-order valence-electron chi connectivity index (χ4n) is 1.74. The molecule has 0 aliphatic heterocycles. The summed E-state index contributed by atoms with van der Waals surface area (Å²) in [6.45, 7) is 4.04. The summed E-state index contributed by atoms with van der Waals surface area (Å²) in [5.41, 5.74) is 0. The molecule has 3 aromatic rings. The molecule has 0 bridgehead atoms. The van der Waals surface area contributed by atoms with Crippen molar-refractivity contribution in [3.05, 3.63) is 22.1 Å². The third-order valence-corrected chi connectivity index (χ3v) is 5.36. The lowest BCUT2D eigenvalue weighted by Crippen LogP contribution is -1.94. The van der Waals surface area contributed by atoms with Gasteiger partial charge in [0.05, 0.1) is 0 Å². The molecule has 3 aromatic heterocycles. The molecule has 0 amide bonds. The van der Waals surface area contributed by atoms with E-state index in [4.69, 9.17) is 11.6 Å². The van der Waals surface area contributed by atoms with E-state index in [1.807, 2.05) is 18.5 Å². The van der Waals surface area contributed by atoms with Crippen LogP contribution in [-0.4, -0.2) is 24.7 Å². The summed E-state index contributed by atoms with van der Waals surface area (Å²) < 4.78 is 1.93. The molecule has 0 saturated heterocycles. The minimum Gasteiger partial charge on any atom is -0.309 e. The normalized spacial score (nSPS) is 11.4. The molecule has 0 fully saturated rings. The van der Waals surface area contributed by atoms with Gasteiger partial charge in [0, 0.05) is 17.3 Å². The van der Waals surface area contributed by atoms with Crippen molar-refractivity contribution < 1.29 is 0 Å². The van der Waals surface area contributed by atoms with Gasteiger partial charge in [-0.1, -0.05) is 6.92 Å². The zero-order chi connectivity index (χ0) is 14.3. The number of aromatic nitrogens is 5. The van der Waals surface area contributed by atoms with E-state index in [1.165, 1.54) is 16.6 Å². The summed E-state index contributed by atoms with van der Waals surface area (Å²) in [6.07, 6.45) is 0.978. The summed E-state index contributed by atoms with van der Waals surface area (Å²) in [7, 11) is 1.93. The van der Waals surface area contributed by atoms with Gasteiger partial charge in [-0.15, -0.1) is 21.5 Å². The fraction of sp³-hybridized carbons (Fsp3) is 0.333. The summed E-state index contributed by atoms with van der Waals surface area (Å²) in [4.78, 5) is 10.8. The lowest BCUT2D eigenvalue weighted by atomic mass is 10.3. The van der Waals surface area contributed by atoms with E-state index in [0.29, 0.717) is 0 Å². The lowest BCUT2D eigenvalue weighted by Gasteiger charge is -2.02. The first-order valence-electron chi connectivity index (χ1n) is 6.08. The predicted molar refractivity (Wildman–Crippen MR) is 81.7 cm³/mol. The Bertz CT molecular complexity index is 780. The van der Waals surface area contributed by atoms with E-state index < -0.39 is 0 Å². The molecule has 0 aliphatic rings. The van der Waals surface area contributed by atoms with E-state index in [1.54, 1.807) is 11.3 Å². The molecule has 3 rings (SSSR count). The molecule has 0 N–H and O–H groups in total. The molecule has 0 unspecified atom stereocenters. The highest BCUT2D eigenvalue weighted by atomic mass is 35.5. The first kappa shape index (κ1) is 13.8. The number of nitrogens with zero attached hydrogens (tertiary/aromatic N) is 5. The van der Waals surface area contributed by atoms with Crippen molar-refractivity contribution in [1.82, 2.24) is 24.7 Å². The van der Waals surface area contributed by atoms with E-state index in [2.05, 4.69) is 33.2 Å². The van der Waals surface area contributed by atoms with Crippen LogP contribution in [0.15, 0.2) is 16.2 Å². The molecule has 0 aliphatic carbocycles. The van der Waals surface area contributed by atoms with Crippen LogP contribution in [-0.2, 0) is 13.5 Å². The Kier molecular flexibility index (Phi) is 3.66. The molecule has 0 spiro atoms. The van der Waals surface area contributed by atoms with Crippen molar-refractivity contribution >= 4 is 44.9 Å². The number of halogens is 1. The van der Waals surface area contributed by atoms with E-state index in [9.17, 15) is 0 Å². The molecule has 0 aromatic carbocycles. The number of thiophene rings is 1. The molecule has 8 heteroatoms. The van der Waals surface area contributed by atoms with Gasteiger partial charge >= 0.3 is 0 Å². The van der Waals surface area contributed by atoms with Crippen LogP contribution in [0.4, 0.5) is 0 Å². The molecule has 20 heavy (non-hydrogen) atoms. The smallest absolute Gasteiger partial charge is 0.224 e. The summed E-state index contributed by atoms with van der Waals surface area (Å²) in [5, 5.41) is 11.1. The second-order valence-corrected chi connectivity index (χ2v) is 6.68. The van der Waals surface area contributed by atoms with Crippen molar-refractivity contribution in [2.75, 3.05) is 0 Å². The number of aryl methyl sites for hydroxylation is 2. The molecule has 104 valence electrons. The zero-order valence-corrected chi connectivity index (χ0v) is 13.6. The quantitative estimate of drug-likeness (QED) is 0.545. The zero-order valence-electron chi connectivity index (χ0n) is 11.2. The predicted octanol–water partition coefficient (Wildman–Crippen LogP) is 3.50. The maximum Gasteiger partial charge on any atom is 0.224 e. The van der Waals surface area contributed by atoms with Crippen LogP contribution in [0.5, 0.6) is 0 Å². The monoisotopic (exact) mass is 325 g/mol. The lowest BCUT2D eigenvalue weighted by molar-refractivity contribution is 0.765. The van der Waals surface area contributed by atoms with Crippen LogP contribution in [0, 0.1) is 6.92 Å². The fourth-order valence-corrected chi connectivity index (χ4v) is 3.96. The number of rotatable bonds is 3. The number of hydrogen-bond donors (Lipinski definition) is 0. The molecule has 0 saturated carbocycles. The maximum absolute atomic E-state index is 6.02. The SMILES string of the molecule is CCc1cc2c(Sc3nnc(C)n3C)nc(Cl)nc2s1. The Hall–Kier alpha value is -1.18. The standard InChI is InChI=1S/C12H12ClN5S2/c1-4-7-5-8-9(19-7)14-11(13)15-10(8)20-12-17-16-6(2)18(12)3/h5H,4H2,1-3H3. The third-order valence-electron chi connectivity index (χ3n) is 2.97. The second kappa shape index (κ2) is 5.31. The summed E-state index contributed by atoms with van der Waals surface area (Å²) in [6, 6.07) is 2.13. The van der Waals surface area contributed by atoms with E-state index in [-0.39, 0.29) is 5.28 Å². The Balaban J connectivity index is 2.10. The van der Waals surface area contributed by atoms with Gasteiger partial charge in [0.2, 0.25) is 5.28 Å². The van der Waals surface area contributed by atoms with Gasteiger partial charge in [-0.3, -0.25) is 0 Å². The number of fused-ring (bicyclic) bond motifs is 1. The third kappa shape index (κ3) is 2.41. The van der Waals surface area contributed by atoms with Crippen LogP contribution < -0.4 is 0 Å². The largest absolute Gasteiger partial charge is 0.309 e. The Morgan fingerprint density at radius 2 is 2.15 bits per heavy atom. The van der Waals surface area contributed by atoms with Crippen molar-refractivity contribution in [2.45, 2.75) is 30.5 Å². The van der Waals surface area contributed by atoms with Crippen molar-refractivity contribution in [1.29, 1.82) is 0 Å². The minimum absolute atomic E-state index is 0.267. The molecule has 3 heterocycles. The molecule has 0 radical (unpaired) electrons. The molecule has 0 atom stereocenters. The summed E-state index contributed by atoms with van der Waals surface area (Å²) in [5.74, 6) is 0.864. The van der Waals surface area contributed by atoms with Crippen molar-refractivity contribution in [3.63, 3.8) is 0 Å². The first-order valence-corrected chi connectivity index (χ1v) is 8.09. The van der Waals surface area contributed by atoms with Crippen molar-refractivity contribution in [2.24, 2.45) is 7.05 Å². The highest BCUT2D eigenvalue weighted by molar-refractivity contribution is 7.99. The Labute approximate surface area is 129 Å².